The summed E-state index contributed by atoms with van der Waals surface area (Å²) in [6, 6.07) is 0. The first-order valence-electron chi connectivity index (χ1n) is 9.23. The van der Waals surface area contributed by atoms with Crippen LogP contribution >= 0.6 is 0 Å². The van der Waals surface area contributed by atoms with E-state index in [0.29, 0.717) is 19.5 Å². The van der Waals surface area contributed by atoms with Gasteiger partial charge >= 0.3 is 5.97 Å². The number of carboxylic acid groups (broad SMARTS) is 1. The van der Waals surface area contributed by atoms with Crippen LogP contribution in [-0.4, -0.2) is 47.2 Å². The van der Waals surface area contributed by atoms with Crippen LogP contribution in [0, 0.1) is 11.3 Å². The molecular weight excluding hydrogens is 294 g/mol. The largest absolute Gasteiger partial charge is 0.481 e. The van der Waals surface area contributed by atoms with E-state index in [1.807, 2.05) is 11.8 Å². The van der Waals surface area contributed by atoms with E-state index in [0.717, 1.165) is 32.1 Å². The Hall–Kier alpha value is -1.10. The van der Waals surface area contributed by atoms with Gasteiger partial charge in [0.15, 0.2) is 0 Å². The molecule has 3 aliphatic rings. The van der Waals surface area contributed by atoms with Gasteiger partial charge in [-0.3, -0.25) is 9.59 Å². The van der Waals surface area contributed by atoms with Gasteiger partial charge in [0.05, 0.1) is 12.0 Å². The van der Waals surface area contributed by atoms with Gasteiger partial charge in [-0.1, -0.05) is 26.2 Å². The smallest absolute Gasteiger partial charge is 0.307 e. The van der Waals surface area contributed by atoms with Crippen LogP contribution < -0.4 is 0 Å². The summed E-state index contributed by atoms with van der Waals surface area (Å²) in [5, 5.41) is 9.15. The molecule has 0 aromatic rings. The number of hydrogen-bond donors (Lipinski definition) is 1. The van der Waals surface area contributed by atoms with Crippen molar-refractivity contribution in [3.05, 3.63) is 0 Å². The Labute approximate surface area is 138 Å². The molecule has 1 amide bonds. The van der Waals surface area contributed by atoms with Crippen molar-refractivity contribution in [3.63, 3.8) is 0 Å². The zero-order valence-electron chi connectivity index (χ0n) is 14.1. The SMILES string of the molecule is CCC(OC1CCCCC1)C(=O)N1CCC2(CC1)CC2C(=O)O. The van der Waals surface area contributed by atoms with E-state index in [9.17, 15) is 9.59 Å². The minimum absolute atomic E-state index is 0.0193. The summed E-state index contributed by atoms with van der Waals surface area (Å²) in [4.78, 5) is 25.8. The summed E-state index contributed by atoms with van der Waals surface area (Å²) in [7, 11) is 0. The lowest BCUT2D eigenvalue weighted by molar-refractivity contribution is -0.151. The molecule has 0 radical (unpaired) electrons. The minimum Gasteiger partial charge on any atom is -0.481 e. The molecule has 1 heterocycles. The second-order valence-corrected chi connectivity index (χ2v) is 7.58. The predicted molar refractivity (Wildman–Crippen MR) is 86.0 cm³/mol. The monoisotopic (exact) mass is 323 g/mol. The van der Waals surface area contributed by atoms with Crippen molar-refractivity contribution in [1.82, 2.24) is 4.90 Å². The Balaban J connectivity index is 1.50. The van der Waals surface area contributed by atoms with Crippen molar-refractivity contribution >= 4 is 11.9 Å². The number of aliphatic carboxylic acids is 1. The van der Waals surface area contributed by atoms with Crippen LogP contribution in [0.3, 0.4) is 0 Å². The fraction of sp³-hybridized carbons (Fsp3) is 0.889. The van der Waals surface area contributed by atoms with Crippen molar-refractivity contribution in [2.45, 2.75) is 76.9 Å². The number of rotatable bonds is 5. The molecular formula is C18H29NO4. The second kappa shape index (κ2) is 6.80. The molecule has 5 nitrogen and oxygen atoms in total. The summed E-state index contributed by atoms with van der Waals surface area (Å²) in [6.45, 7) is 3.39. The molecule has 0 aromatic carbocycles. The van der Waals surface area contributed by atoms with Gasteiger partial charge in [-0.2, -0.15) is 0 Å². The zero-order chi connectivity index (χ0) is 16.4. The van der Waals surface area contributed by atoms with Crippen LogP contribution in [-0.2, 0) is 14.3 Å². The van der Waals surface area contributed by atoms with Gasteiger partial charge in [-0.05, 0) is 43.9 Å². The van der Waals surface area contributed by atoms with Crippen LogP contribution in [0.2, 0.25) is 0 Å². The standard InChI is InChI=1S/C18H29NO4/c1-2-15(23-13-6-4-3-5-7-13)16(20)19-10-8-18(9-11-19)12-14(18)17(21)22/h13-15H,2-12H2,1H3,(H,21,22). The second-order valence-electron chi connectivity index (χ2n) is 7.58. The Morgan fingerprint density at radius 1 is 1.22 bits per heavy atom. The third-order valence-electron chi connectivity index (χ3n) is 6.11. The number of piperidine rings is 1. The maximum absolute atomic E-state index is 12.7. The molecule has 3 fully saturated rings. The minimum atomic E-state index is -0.670. The number of likely N-dealkylation sites (tertiary alicyclic amines) is 1. The van der Waals surface area contributed by atoms with Gasteiger partial charge in [0.2, 0.25) is 0 Å². The molecule has 1 aliphatic heterocycles. The fourth-order valence-corrected chi connectivity index (χ4v) is 4.39. The lowest BCUT2D eigenvalue weighted by atomic mass is 9.90. The third-order valence-corrected chi connectivity index (χ3v) is 6.11. The van der Waals surface area contributed by atoms with E-state index in [-0.39, 0.29) is 29.4 Å². The Morgan fingerprint density at radius 3 is 2.39 bits per heavy atom. The number of carbonyl (C=O) groups is 2. The predicted octanol–water partition coefficient (Wildman–Crippen LogP) is 2.83. The van der Waals surface area contributed by atoms with Crippen molar-refractivity contribution < 1.29 is 19.4 Å². The highest BCUT2D eigenvalue weighted by Gasteiger charge is 2.59. The average Bonchev–Trinajstić information content (AvgIpc) is 3.27. The first-order valence-corrected chi connectivity index (χ1v) is 9.23. The third kappa shape index (κ3) is 3.54. The van der Waals surface area contributed by atoms with Crippen molar-refractivity contribution in [1.29, 1.82) is 0 Å². The molecule has 5 heteroatoms. The zero-order valence-corrected chi connectivity index (χ0v) is 14.1. The molecule has 2 saturated carbocycles. The number of amides is 1. The number of carbonyl (C=O) groups excluding carboxylic acids is 1. The molecule has 2 atom stereocenters. The molecule has 2 unspecified atom stereocenters. The summed E-state index contributed by atoms with van der Waals surface area (Å²) in [6.07, 6.45) is 8.94. The maximum Gasteiger partial charge on any atom is 0.307 e. The summed E-state index contributed by atoms with van der Waals surface area (Å²) in [5.41, 5.74) is -0.0193. The van der Waals surface area contributed by atoms with Crippen molar-refractivity contribution in [3.8, 4) is 0 Å². The topological polar surface area (TPSA) is 66.8 Å². The van der Waals surface area contributed by atoms with Crippen molar-refractivity contribution in [2.75, 3.05) is 13.1 Å². The summed E-state index contributed by atoms with van der Waals surface area (Å²) in [5.74, 6) is -0.738. The Morgan fingerprint density at radius 2 is 1.87 bits per heavy atom. The first-order chi connectivity index (χ1) is 11.1. The van der Waals surface area contributed by atoms with Gasteiger partial charge in [-0.25, -0.2) is 0 Å². The fourth-order valence-electron chi connectivity index (χ4n) is 4.39. The number of ether oxygens (including phenoxy) is 1. The number of carboxylic acids is 1. The quantitative estimate of drug-likeness (QED) is 0.845. The van der Waals surface area contributed by atoms with Gasteiger partial charge in [0, 0.05) is 13.1 Å². The molecule has 23 heavy (non-hydrogen) atoms. The van der Waals surface area contributed by atoms with E-state index in [1.165, 1.54) is 19.3 Å². The van der Waals surface area contributed by atoms with E-state index in [4.69, 9.17) is 9.84 Å². The van der Waals surface area contributed by atoms with E-state index >= 15 is 0 Å². The number of nitrogens with zero attached hydrogens (tertiary/aromatic N) is 1. The van der Waals surface area contributed by atoms with Gasteiger partial charge in [0.25, 0.3) is 5.91 Å². The summed E-state index contributed by atoms with van der Waals surface area (Å²) < 4.78 is 6.10. The van der Waals surface area contributed by atoms with E-state index < -0.39 is 5.97 Å². The molecule has 0 bridgehead atoms. The van der Waals surface area contributed by atoms with E-state index in [1.54, 1.807) is 0 Å². The summed E-state index contributed by atoms with van der Waals surface area (Å²) >= 11 is 0. The lowest BCUT2D eigenvalue weighted by Crippen LogP contribution is -2.46. The van der Waals surface area contributed by atoms with Crippen LogP contribution in [0.1, 0.15) is 64.7 Å². The van der Waals surface area contributed by atoms with Crippen LogP contribution in [0.5, 0.6) is 0 Å². The maximum atomic E-state index is 12.7. The molecule has 2 aliphatic carbocycles. The normalized spacial score (nSPS) is 28.6. The van der Waals surface area contributed by atoms with Crippen LogP contribution in [0.4, 0.5) is 0 Å². The Kier molecular flexibility index (Phi) is 4.95. The van der Waals surface area contributed by atoms with Crippen molar-refractivity contribution in [2.24, 2.45) is 11.3 Å². The highest BCUT2D eigenvalue weighted by Crippen LogP contribution is 2.59. The highest BCUT2D eigenvalue weighted by molar-refractivity contribution is 5.81. The molecule has 3 rings (SSSR count). The molecule has 1 saturated heterocycles. The highest BCUT2D eigenvalue weighted by atomic mass is 16.5. The average molecular weight is 323 g/mol. The van der Waals surface area contributed by atoms with E-state index in [2.05, 4.69) is 0 Å². The molecule has 0 aromatic heterocycles. The first kappa shape index (κ1) is 16.7. The van der Waals surface area contributed by atoms with Crippen LogP contribution in [0.25, 0.3) is 0 Å². The number of hydrogen-bond acceptors (Lipinski definition) is 3. The van der Waals surface area contributed by atoms with Crippen LogP contribution in [0.15, 0.2) is 0 Å². The Bertz CT molecular complexity index is 450. The molecule has 1 N–H and O–H groups in total. The van der Waals surface area contributed by atoms with Gasteiger partial charge < -0.3 is 14.7 Å². The lowest BCUT2D eigenvalue weighted by Gasteiger charge is -2.36. The molecule has 1 spiro atoms. The van der Waals surface area contributed by atoms with Gasteiger partial charge in [0.1, 0.15) is 6.10 Å². The van der Waals surface area contributed by atoms with Gasteiger partial charge in [-0.15, -0.1) is 0 Å². The molecule has 130 valence electrons.